The summed E-state index contributed by atoms with van der Waals surface area (Å²) in [6.45, 7) is 2.41. The number of aromatic amines is 1. The fraction of sp³-hybridized carbons (Fsp3) is 0.450. The monoisotopic (exact) mass is 352 g/mol. The van der Waals surface area contributed by atoms with E-state index in [1.54, 1.807) is 11.9 Å². The van der Waals surface area contributed by atoms with Crippen LogP contribution in [0.15, 0.2) is 28.7 Å². The lowest BCUT2D eigenvalue weighted by Crippen LogP contribution is -2.26. The third kappa shape index (κ3) is 3.36. The Balaban J connectivity index is 1.53. The molecule has 0 bridgehead atoms. The second kappa shape index (κ2) is 6.94. The molecule has 6 nitrogen and oxygen atoms in total. The second-order valence-corrected chi connectivity index (χ2v) is 7.27. The molecule has 1 saturated carbocycles. The van der Waals surface area contributed by atoms with Gasteiger partial charge in [0.2, 0.25) is 0 Å². The van der Waals surface area contributed by atoms with Crippen molar-refractivity contribution in [3.63, 3.8) is 0 Å². The molecule has 2 aromatic heterocycles. The normalized spacial score (nSPS) is 15.5. The Labute approximate surface area is 152 Å². The fourth-order valence-corrected chi connectivity index (χ4v) is 3.69. The van der Waals surface area contributed by atoms with E-state index in [4.69, 9.17) is 4.42 Å². The molecule has 1 aliphatic rings. The standard InChI is InChI=1S/C20H24N4O2/c1-13-10-16(23-22-13)12-24(2)20(25)15-8-9-17-18(11-15)26-19(21-17)14-6-4-3-5-7-14/h8-11,14H,3-7,12H2,1-2H3,(H,22,23). The zero-order valence-electron chi connectivity index (χ0n) is 15.3. The molecule has 0 saturated heterocycles. The van der Waals surface area contributed by atoms with Crippen molar-refractivity contribution in [1.82, 2.24) is 20.1 Å². The van der Waals surface area contributed by atoms with E-state index in [-0.39, 0.29) is 5.91 Å². The van der Waals surface area contributed by atoms with Gasteiger partial charge in [0.15, 0.2) is 11.5 Å². The maximum atomic E-state index is 12.7. The van der Waals surface area contributed by atoms with Gasteiger partial charge in [0.05, 0.1) is 12.2 Å². The lowest BCUT2D eigenvalue weighted by Gasteiger charge is -2.17. The van der Waals surface area contributed by atoms with E-state index >= 15 is 0 Å². The number of carbonyl (C=O) groups is 1. The van der Waals surface area contributed by atoms with Crippen LogP contribution in [0.2, 0.25) is 0 Å². The van der Waals surface area contributed by atoms with Crippen molar-refractivity contribution in [3.05, 3.63) is 47.1 Å². The van der Waals surface area contributed by atoms with Gasteiger partial charge >= 0.3 is 0 Å². The Morgan fingerprint density at radius 1 is 1.27 bits per heavy atom. The Morgan fingerprint density at radius 2 is 2.08 bits per heavy atom. The van der Waals surface area contributed by atoms with Gasteiger partial charge in [-0.3, -0.25) is 9.89 Å². The highest BCUT2D eigenvalue weighted by atomic mass is 16.3. The van der Waals surface area contributed by atoms with Gasteiger partial charge in [-0.25, -0.2) is 4.98 Å². The molecule has 26 heavy (non-hydrogen) atoms. The van der Waals surface area contributed by atoms with Gasteiger partial charge in [-0.1, -0.05) is 19.3 Å². The van der Waals surface area contributed by atoms with Crippen LogP contribution in [0.3, 0.4) is 0 Å². The summed E-state index contributed by atoms with van der Waals surface area (Å²) in [5, 5.41) is 7.09. The minimum Gasteiger partial charge on any atom is -0.440 e. The van der Waals surface area contributed by atoms with Crippen LogP contribution in [0.25, 0.3) is 11.1 Å². The van der Waals surface area contributed by atoms with Crippen LogP contribution in [0.1, 0.15) is 65.7 Å². The van der Waals surface area contributed by atoms with Gasteiger partial charge in [-0.05, 0) is 44.0 Å². The van der Waals surface area contributed by atoms with E-state index in [1.807, 2.05) is 31.2 Å². The lowest BCUT2D eigenvalue weighted by molar-refractivity contribution is 0.0783. The van der Waals surface area contributed by atoms with E-state index in [2.05, 4.69) is 15.2 Å². The molecule has 4 rings (SSSR count). The van der Waals surface area contributed by atoms with Gasteiger partial charge in [0, 0.05) is 24.2 Å². The number of aromatic nitrogens is 3. The summed E-state index contributed by atoms with van der Waals surface area (Å²) >= 11 is 0. The first-order valence-corrected chi connectivity index (χ1v) is 9.27. The van der Waals surface area contributed by atoms with E-state index < -0.39 is 0 Å². The molecule has 3 aromatic rings. The summed E-state index contributed by atoms with van der Waals surface area (Å²) in [5.74, 6) is 1.19. The molecule has 2 heterocycles. The molecule has 1 fully saturated rings. The SMILES string of the molecule is Cc1cc(CN(C)C(=O)c2ccc3nc(C4CCCCC4)oc3c2)n[nH]1. The number of hydrogen-bond acceptors (Lipinski definition) is 4. The molecular formula is C20H24N4O2. The van der Waals surface area contributed by atoms with Gasteiger partial charge in [0.1, 0.15) is 5.52 Å². The molecule has 1 aliphatic carbocycles. The van der Waals surface area contributed by atoms with Crippen LogP contribution >= 0.6 is 0 Å². The van der Waals surface area contributed by atoms with Crippen LogP contribution in [0.4, 0.5) is 0 Å². The summed E-state index contributed by atoms with van der Waals surface area (Å²) in [6, 6.07) is 7.46. The number of fused-ring (bicyclic) bond motifs is 1. The molecule has 0 radical (unpaired) electrons. The van der Waals surface area contributed by atoms with Crippen molar-refractivity contribution >= 4 is 17.0 Å². The minimum absolute atomic E-state index is 0.0526. The first-order chi connectivity index (χ1) is 12.6. The number of oxazole rings is 1. The van der Waals surface area contributed by atoms with E-state index in [0.717, 1.165) is 35.6 Å². The van der Waals surface area contributed by atoms with Crippen molar-refractivity contribution in [1.29, 1.82) is 0 Å². The maximum Gasteiger partial charge on any atom is 0.254 e. The molecule has 1 amide bonds. The molecule has 0 unspecified atom stereocenters. The summed E-state index contributed by atoms with van der Waals surface area (Å²) < 4.78 is 6.00. The Morgan fingerprint density at radius 3 is 2.81 bits per heavy atom. The topological polar surface area (TPSA) is 75.0 Å². The number of benzene rings is 1. The molecule has 1 N–H and O–H groups in total. The predicted octanol–water partition coefficient (Wildman–Crippen LogP) is 4.18. The van der Waals surface area contributed by atoms with Crippen molar-refractivity contribution in [2.24, 2.45) is 0 Å². The smallest absolute Gasteiger partial charge is 0.254 e. The largest absolute Gasteiger partial charge is 0.440 e. The van der Waals surface area contributed by atoms with Gasteiger partial charge in [-0.15, -0.1) is 0 Å². The highest BCUT2D eigenvalue weighted by Crippen LogP contribution is 2.33. The molecule has 6 heteroatoms. The first kappa shape index (κ1) is 16.8. The summed E-state index contributed by atoms with van der Waals surface area (Å²) in [4.78, 5) is 19.0. The van der Waals surface area contributed by atoms with Gasteiger partial charge in [-0.2, -0.15) is 5.10 Å². The predicted molar refractivity (Wildman–Crippen MR) is 99.0 cm³/mol. The van der Waals surface area contributed by atoms with Gasteiger partial charge in [0.25, 0.3) is 5.91 Å². The van der Waals surface area contributed by atoms with E-state index in [0.29, 0.717) is 23.6 Å². The Hall–Kier alpha value is -2.63. The Bertz CT molecular complexity index is 921. The number of nitrogens with one attached hydrogen (secondary N) is 1. The van der Waals surface area contributed by atoms with Crippen LogP contribution < -0.4 is 0 Å². The molecule has 0 aliphatic heterocycles. The van der Waals surface area contributed by atoms with E-state index in [1.165, 1.54) is 19.3 Å². The van der Waals surface area contributed by atoms with Crippen LogP contribution in [0.5, 0.6) is 0 Å². The first-order valence-electron chi connectivity index (χ1n) is 9.27. The molecular weight excluding hydrogens is 328 g/mol. The average molecular weight is 352 g/mol. The maximum absolute atomic E-state index is 12.7. The molecule has 0 spiro atoms. The summed E-state index contributed by atoms with van der Waals surface area (Å²) in [5.41, 5.74) is 3.96. The number of hydrogen-bond donors (Lipinski definition) is 1. The number of amides is 1. The number of carbonyl (C=O) groups excluding carboxylic acids is 1. The average Bonchev–Trinajstić information content (AvgIpc) is 3.27. The van der Waals surface area contributed by atoms with Crippen molar-refractivity contribution in [3.8, 4) is 0 Å². The Kier molecular flexibility index (Phi) is 4.49. The summed E-state index contributed by atoms with van der Waals surface area (Å²) in [7, 11) is 1.78. The van der Waals surface area contributed by atoms with Crippen molar-refractivity contribution in [2.75, 3.05) is 7.05 Å². The third-order valence-electron chi connectivity index (χ3n) is 5.11. The highest BCUT2D eigenvalue weighted by molar-refractivity contribution is 5.96. The quantitative estimate of drug-likeness (QED) is 0.764. The van der Waals surface area contributed by atoms with Crippen molar-refractivity contribution < 1.29 is 9.21 Å². The lowest BCUT2D eigenvalue weighted by atomic mass is 9.89. The van der Waals surface area contributed by atoms with E-state index in [9.17, 15) is 4.79 Å². The molecule has 136 valence electrons. The number of aryl methyl sites for hydroxylation is 1. The molecule has 0 atom stereocenters. The van der Waals surface area contributed by atoms with Crippen LogP contribution in [-0.4, -0.2) is 33.0 Å². The number of nitrogens with zero attached hydrogens (tertiary/aromatic N) is 3. The zero-order valence-corrected chi connectivity index (χ0v) is 15.3. The van der Waals surface area contributed by atoms with Crippen molar-refractivity contribution in [2.45, 2.75) is 51.5 Å². The highest BCUT2D eigenvalue weighted by Gasteiger charge is 2.22. The van der Waals surface area contributed by atoms with Gasteiger partial charge < -0.3 is 9.32 Å². The fourth-order valence-electron chi connectivity index (χ4n) is 3.69. The number of H-pyrrole nitrogens is 1. The zero-order chi connectivity index (χ0) is 18.1. The third-order valence-corrected chi connectivity index (χ3v) is 5.11. The van der Waals surface area contributed by atoms with Crippen LogP contribution in [0, 0.1) is 6.92 Å². The minimum atomic E-state index is -0.0526. The molecule has 1 aromatic carbocycles. The number of rotatable bonds is 4. The summed E-state index contributed by atoms with van der Waals surface area (Å²) in [6.07, 6.45) is 6.07. The van der Waals surface area contributed by atoms with Crippen LogP contribution in [-0.2, 0) is 6.54 Å². The second-order valence-electron chi connectivity index (χ2n) is 7.27.